The average Bonchev–Trinajstić information content (AvgIpc) is 3.33. The Balaban J connectivity index is 1.52. The van der Waals surface area contributed by atoms with E-state index in [9.17, 15) is 9.90 Å². The van der Waals surface area contributed by atoms with Gasteiger partial charge in [-0.2, -0.15) is 0 Å². The number of esters is 1. The SMILES string of the molecule is CC1(C)[C@@H](O)C[C@@H]2O[C@@]3(C)C4=CC[C@@H](c5ccoc5)[C@]4(C)C[C@H]4OC(=O)C[C@@H]1[C@@]2(C)[C@@H]43. The molecule has 1 aromatic heterocycles. The van der Waals surface area contributed by atoms with Gasteiger partial charge in [-0.05, 0) is 54.2 Å². The van der Waals surface area contributed by atoms with Crippen molar-refractivity contribution in [2.45, 2.75) is 90.1 Å². The van der Waals surface area contributed by atoms with E-state index in [0.717, 1.165) is 12.8 Å². The van der Waals surface area contributed by atoms with Crippen LogP contribution in [0.4, 0.5) is 0 Å². The summed E-state index contributed by atoms with van der Waals surface area (Å²) in [5.41, 5.74) is 1.32. The van der Waals surface area contributed by atoms with Gasteiger partial charge in [0, 0.05) is 29.6 Å². The lowest BCUT2D eigenvalue weighted by Gasteiger charge is -2.57. The van der Waals surface area contributed by atoms with Crippen LogP contribution in [-0.4, -0.2) is 35.0 Å². The maximum atomic E-state index is 13.1. The number of carbonyl (C=O) groups excluding carboxylic acids is 1. The monoisotopic (exact) mass is 426 g/mol. The molecule has 4 fully saturated rings. The molecule has 31 heavy (non-hydrogen) atoms. The molecular weight excluding hydrogens is 392 g/mol. The molecule has 6 rings (SSSR count). The van der Waals surface area contributed by atoms with E-state index < -0.39 is 11.7 Å². The van der Waals surface area contributed by atoms with Crippen molar-refractivity contribution in [3.8, 4) is 0 Å². The van der Waals surface area contributed by atoms with Gasteiger partial charge in [0.15, 0.2) is 0 Å². The minimum absolute atomic E-state index is 0.0223. The lowest BCUT2D eigenvalue weighted by atomic mass is 9.45. The zero-order valence-corrected chi connectivity index (χ0v) is 19.2. The number of aliphatic hydroxyl groups excluding tert-OH is 1. The molecule has 0 bridgehead atoms. The molecule has 1 N–H and O–H groups in total. The first-order chi connectivity index (χ1) is 14.5. The van der Waals surface area contributed by atoms with E-state index in [1.54, 1.807) is 6.26 Å². The summed E-state index contributed by atoms with van der Waals surface area (Å²) < 4.78 is 18.7. The Morgan fingerprint density at radius 2 is 1.94 bits per heavy atom. The van der Waals surface area contributed by atoms with Gasteiger partial charge in [-0.25, -0.2) is 0 Å². The summed E-state index contributed by atoms with van der Waals surface area (Å²) in [6.45, 7) is 11.1. The van der Waals surface area contributed by atoms with E-state index >= 15 is 0 Å². The molecule has 9 atom stereocenters. The van der Waals surface area contributed by atoms with E-state index in [2.05, 4.69) is 46.8 Å². The van der Waals surface area contributed by atoms with Crippen molar-refractivity contribution in [2.24, 2.45) is 28.1 Å². The van der Waals surface area contributed by atoms with Gasteiger partial charge < -0.3 is 19.0 Å². The molecule has 3 aliphatic carbocycles. The molecular formula is C26H34O5. The summed E-state index contributed by atoms with van der Waals surface area (Å²) in [6.07, 6.45) is 7.94. The van der Waals surface area contributed by atoms with E-state index in [1.165, 1.54) is 11.1 Å². The second-order valence-electron chi connectivity index (χ2n) is 12.0. The van der Waals surface area contributed by atoms with Crippen LogP contribution in [0.25, 0.3) is 0 Å². The van der Waals surface area contributed by atoms with E-state index in [-0.39, 0.29) is 52.2 Å². The van der Waals surface area contributed by atoms with Crippen molar-refractivity contribution in [2.75, 3.05) is 0 Å². The summed E-state index contributed by atoms with van der Waals surface area (Å²) in [5, 5.41) is 11.1. The Kier molecular flexibility index (Phi) is 3.78. The highest BCUT2D eigenvalue weighted by Gasteiger charge is 2.75. The van der Waals surface area contributed by atoms with Gasteiger partial charge in [0.2, 0.25) is 0 Å². The normalized spacial score (nSPS) is 52.1. The first kappa shape index (κ1) is 20.0. The van der Waals surface area contributed by atoms with Crippen LogP contribution in [0.5, 0.6) is 0 Å². The lowest BCUT2D eigenvalue weighted by molar-refractivity contribution is -0.166. The number of hydrogen-bond acceptors (Lipinski definition) is 5. The molecule has 3 heterocycles. The number of hydrogen-bond donors (Lipinski definition) is 1. The fourth-order valence-electron chi connectivity index (χ4n) is 8.99. The second kappa shape index (κ2) is 5.85. The van der Waals surface area contributed by atoms with Crippen LogP contribution in [0.15, 0.2) is 34.7 Å². The molecule has 0 spiro atoms. The van der Waals surface area contributed by atoms with Gasteiger partial charge in [-0.15, -0.1) is 0 Å². The summed E-state index contributed by atoms with van der Waals surface area (Å²) in [4.78, 5) is 13.1. The van der Waals surface area contributed by atoms with Crippen LogP contribution in [-0.2, 0) is 14.3 Å². The van der Waals surface area contributed by atoms with Crippen molar-refractivity contribution in [3.63, 3.8) is 0 Å². The third-order valence-corrected chi connectivity index (χ3v) is 10.4. The van der Waals surface area contributed by atoms with Crippen LogP contribution in [0, 0.1) is 28.1 Å². The van der Waals surface area contributed by atoms with Crippen molar-refractivity contribution in [1.29, 1.82) is 0 Å². The first-order valence-corrected chi connectivity index (χ1v) is 11.8. The predicted molar refractivity (Wildman–Crippen MR) is 114 cm³/mol. The van der Waals surface area contributed by atoms with Gasteiger partial charge in [0.1, 0.15) is 6.10 Å². The Morgan fingerprint density at radius 3 is 2.65 bits per heavy atom. The quantitative estimate of drug-likeness (QED) is 0.525. The maximum absolute atomic E-state index is 13.1. The fraction of sp³-hybridized carbons (Fsp3) is 0.731. The highest BCUT2D eigenvalue weighted by molar-refractivity contribution is 5.71. The van der Waals surface area contributed by atoms with Crippen molar-refractivity contribution in [3.05, 3.63) is 35.8 Å². The summed E-state index contributed by atoms with van der Waals surface area (Å²) >= 11 is 0. The van der Waals surface area contributed by atoms with Gasteiger partial charge in [0.25, 0.3) is 0 Å². The van der Waals surface area contributed by atoms with Crippen molar-refractivity contribution >= 4 is 5.97 Å². The lowest BCUT2D eigenvalue weighted by Crippen LogP contribution is -2.60. The smallest absolute Gasteiger partial charge is 0.306 e. The zero-order valence-electron chi connectivity index (χ0n) is 19.2. The Morgan fingerprint density at radius 1 is 1.16 bits per heavy atom. The molecule has 0 radical (unpaired) electrons. The van der Waals surface area contributed by atoms with Gasteiger partial charge in [0.05, 0.1) is 30.3 Å². The summed E-state index contributed by atoms with van der Waals surface area (Å²) in [5.74, 6) is 0.283. The molecule has 0 amide bonds. The standard InChI is InChI=1S/C26H34O5/c1-23(2)18-10-21(28)30-16-12-24(3)15(14-8-9-29-13-14)6-7-17(24)26(5)22(16)25(18,4)20(31-26)11-19(23)27/h7-9,13,15-16,18-20,22,27H,6,10-12H2,1-5H3/t15-,16+,18-,19-,20-,22+,24-,25+,26-/m0/s1. The number of furan rings is 1. The largest absolute Gasteiger partial charge is 0.472 e. The molecule has 2 aliphatic heterocycles. The molecule has 5 nitrogen and oxygen atoms in total. The number of ether oxygens (including phenoxy) is 2. The van der Waals surface area contributed by atoms with Gasteiger partial charge in [-0.3, -0.25) is 4.79 Å². The molecule has 0 aromatic carbocycles. The minimum atomic E-state index is -0.501. The zero-order chi connectivity index (χ0) is 22.0. The highest BCUT2D eigenvalue weighted by Crippen LogP contribution is 2.73. The number of fused-ring (bicyclic) bond motifs is 2. The predicted octanol–water partition coefficient (Wildman–Crippen LogP) is 4.61. The molecule has 5 heteroatoms. The highest BCUT2D eigenvalue weighted by atomic mass is 16.6. The molecule has 0 unspecified atom stereocenters. The molecule has 2 saturated carbocycles. The minimum Gasteiger partial charge on any atom is -0.472 e. The number of aliphatic hydroxyl groups is 1. The van der Waals surface area contributed by atoms with E-state index in [0.29, 0.717) is 12.8 Å². The van der Waals surface area contributed by atoms with Crippen molar-refractivity contribution in [1.82, 2.24) is 0 Å². The third kappa shape index (κ3) is 2.22. The molecule has 1 aromatic rings. The number of allylic oxidation sites excluding steroid dienone is 1. The maximum Gasteiger partial charge on any atom is 0.306 e. The first-order valence-electron chi connectivity index (χ1n) is 11.8. The van der Waals surface area contributed by atoms with Crippen LogP contribution in [0.3, 0.4) is 0 Å². The molecule has 2 saturated heterocycles. The van der Waals surface area contributed by atoms with Crippen LogP contribution < -0.4 is 0 Å². The second-order valence-corrected chi connectivity index (χ2v) is 12.0. The molecule has 5 aliphatic rings. The van der Waals surface area contributed by atoms with Crippen LogP contribution in [0.1, 0.15) is 71.8 Å². The summed E-state index contributed by atoms with van der Waals surface area (Å²) in [7, 11) is 0. The Bertz CT molecular complexity index is 962. The van der Waals surface area contributed by atoms with Gasteiger partial charge >= 0.3 is 5.97 Å². The molecule has 168 valence electrons. The average molecular weight is 427 g/mol. The van der Waals surface area contributed by atoms with Crippen LogP contribution >= 0.6 is 0 Å². The van der Waals surface area contributed by atoms with Crippen molar-refractivity contribution < 1.29 is 23.8 Å². The topological polar surface area (TPSA) is 68.9 Å². The summed E-state index contributed by atoms with van der Waals surface area (Å²) in [6, 6.07) is 2.06. The number of rotatable bonds is 1. The third-order valence-electron chi connectivity index (χ3n) is 10.4. The number of carbonyl (C=O) groups is 1. The van der Waals surface area contributed by atoms with Crippen LogP contribution in [0.2, 0.25) is 0 Å². The Hall–Kier alpha value is -1.59. The van der Waals surface area contributed by atoms with Gasteiger partial charge in [-0.1, -0.05) is 33.8 Å². The Labute approximate surface area is 184 Å². The van der Waals surface area contributed by atoms with E-state index in [1.807, 2.05) is 6.26 Å². The van der Waals surface area contributed by atoms with E-state index in [4.69, 9.17) is 13.9 Å². The fourth-order valence-corrected chi connectivity index (χ4v) is 8.99.